The van der Waals surface area contributed by atoms with E-state index in [9.17, 15) is 4.39 Å². The lowest BCUT2D eigenvalue weighted by atomic mass is 9.91. The van der Waals surface area contributed by atoms with Crippen molar-refractivity contribution in [1.82, 2.24) is 0 Å². The molecule has 19 heavy (non-hydrogen) atoms. The van der Waals surface area contributed by atoms with Crippen LogP contribution in [-0.4, -0.2) is 12.6 Å². The van der Waals surface area contributed by atoms with E-state index in [4.69, 9.17) is 5.73 Å². The van der Waals surface area contributed by atoms with Gasteiger partial charge in [-0.15, -0.1) is 0 Å². The van der Waals surface area contributed by atoms with Gasteiger partial charge in [0.25, 0.3) is 0 Å². The molecule has 0 saturated carbocycles. The Labute approximate surface area is 115 Å². The first-order valence-corrected chi connectivity index (χ1v) is 7.22. The van der Waals surface area contributed by atoms with E-state index in [0.29, 0.717) is 11.6 Å². The van der Waals surface area contributed by atoms with Crippen LogP contribution in [0.25, 0.3) is 0 Å². The Kier molecular flexibility index (Phi) is 4.14. The number of rotatable bonds is 2. The summed E-state index contributed by atoms with van der Waals surface area (Å²) in [5, 5.41) is 0. The number of aryl methyl sites for hydroxylation is 1. The number of nitrogens with two attached hydrogens (primary N) is 1. The molecule has 0 bridgehead atoms. The minimum Gasteiger partial charge on any atom is -0.369 e. The van der Waals surface area contributed by atoms with E-state index in [1.54, 1.807) is 6.07 Å². The molecular formula is C16H25FN2. The van der Waals surface area contributed by atoms with Crippen molar-refractivity contribution in [2.75, 3.05) is 11.4 Å². The summed E-state index contributed by atoms with van der Waals surface area (Å²) in [6.07, 6.45) is 2.38. The SMILES string of the molecule is Cc1cc(N2CCC(C)CC2C)c([C@@H](C)N)cc1F. The lowest BCUT2D eigenvalue weighted by Crippen LogP contribution is -2.41. The Hall–Kier alpha value is -1.09. The first-order chi connectivity index (χ1) is 8.90. The Balaban J connectivity index is 2.40. The second kappa shape index (κ2) is 5.49. The fourth-order valence-corrected chi connectivity index (χ4v) is 3.06. The standard InChI is InChI=1S/C16H25FN2/c1-10-5-6-19(12(3)7-10)16-8-11(2)15(17)9-14(16)13(4)18/h8-10,12-13H,5-7,18H2,1-4H3/t10?,12?,13-/m1/s1. The van der Waals surface area contributed by atoms with Crippen LogP contribution < -0.4 is 10.6 Å². The fraction of sp³-hybridized carbons (Fsp3) is 0.625. The fourth-order valence-electron chi connectivity index (χ4n) is 3.06. The van der Waals surface area contributed by atoms with Gasteiger partial charge in [-0.1, -0.05) is 6.92 Å². The zero-order chi connectivity index (χ0) is 14.2. The minimum absolute atomic E-state index is 0.142. The average molecular weight is 264 g/mol. The largest absolute Gasteiger partial charge is 0.369 e. The smallest absolute Gasteiger partial charge is 0.126 e. The highest BCUT2D eigenvalue weighted by Gasteiger charge is 2.26. The van der Waals surface area contributed by atoms with Gasteiger partial charge in [-0.2, -0.15) is 0 Å². The van der Waals surface area contributed by atoms with E-state index < -0.39 is 0 Å². The Bertz CT molecular complexity index is 456. The molecule has 1 aromatic rings. The molecule has 0 aromatic heterocycles. The maximum absolute atomic E-state index is 13.8. The van der Waals surface area contributed by atoms with E-state index >= 15 is 0 Å². The van der Waals surface area contributed by atoms with Crippen LogP contribution >= 0.6 is 0 Å². The molecule has 2 N–H and O–H groups in total. The summed E-state index contributed by atoms with van der Waals surface area (Å²) >= 11 is 0. The number of halogens is 1. The first kappa shape index (κ1) is 14.3. The monoisotopic (exact) mass is 264 g/mol. The second-order valence-corrected chi connectivity index (χ2v) is 6.12. The molecule has 1 aliphatic heterocycles. The molecule has 3 heteroatoms. The number of benzene rings is 1. The molecule has 3 atom stereocenters. The molecule has 1 heterocycles. The molecule has 2 unspecified atom stereocenters. The van der Waals surface area contributed by atoms with Crippen molar-refractivity contribution in [2.45, 2.75) is 52.6 Å². The van der Waals surface area contributed by atoms with Crippen LogP contribution in [-0.2, 0) is 0 Å². The zero-order valence-corrected chi connectivity index (χ0v) is 12.4. The molecule has 0 radical (unpaired) electrons. The van der Waals surface area contributed by atoms with Gasteiger partial charge in [0.05, 0.1) is 0 Å². The molecule has 1 aliphatic rings. The Morgan fingerprint density at radius 2 is 2.05 bits per heavy atom. The minimum atomic E-state index is -0.158. The molecule has 0 spiro atoms. The van der Waals surface area contributed by atoms with Crippen molar-refractivity contribution < 1.29 is 4.39 Å². The van der Waals surface area contributed by atoms with Gasteiger partial charge in [0, 0.05) is 24.3 Å². The third-order valence-corrected chi connectivity index (χ3v) is 4.25. The van der Waals surface area contributed by atoms with Gasteiger partial charge in [0.1, 0.15) is 5.82 Å². The molecule has 0 amide bonds. The normalized spacial score (nSPS) is 25.5. The molecule has 2 nitrogen and oxygen atoms in total. The number of anilines is 1. The van der Waals surface area contributed by atoms with Crippen LogP contribution in [0.1, 0.15) is 50.8 Å². The van der Waals surface area contributed by atoms with Crippen LogP contribution in [0.4, 0.5) is 10.1 Å². The van der Waals surface area contributed by atoms with Crippen LogP contribution in [0.3, 0.4) is 0 Å². The van der Waals surface area contributed by atoms with Crippen molar-refractivity contribution in [3.63, 3.8) is 0 Å². The summed E-state index contributed by atoms with van der Waals surface area (Å²) in [7, 11) is 0. The number of hydrogen-bond acceptors (Lipinski definition) is 2. The molecule has 106 valence electrons. The van der Waals surface area contributed by atoms with Crippen molar-refractivity contribution in [3.05, 3.63) is 29.1 Å². The lowest BCUT2D eigenvalue weighted by Gasteiger charge is -2.40. The van der Waals surface area contributed by atoms with Crippen molar-refractivity contribution in [1.29, 1.82) is 0 Å². The summed E-state index contributed by atoms with van der Waals surface area (Å²) in [6, 6.07) is 3.92. The molecule has 0 aliphatic carbocycles. The Morgan fingerprint density at radius 3 is 2.63 bits per heavy atom. The maximum atomic E-state index is 13.8. The highest BCUT2D eigenvalue weighted by Crippen LogP contribution is 2.34. The van der Waals surface area contributed by atoms with Gasteiger partial charge < -0.3 is 10.6 Å². The predicted molar refractivity (Wildman–Crippen MR) is 78.9 cm³/mol. The van der Waals surface area contributed by atoms with Gasteiger partial charge in [-0.05, 0) is 62.8 Å². The van der Waals surface area contributed by atoms with E-state index in [1.807, 2.05) is 19.9 Å². The van der Waals surface area contributed by atoms with E-state index in [2.05, 4.69) is 18.7 Å². The van der Waals surface area contributed by atoms with E-state index in [-0.39, 0.29) is 11.9 Å². The summed E-state index contributed by atoms with van der Waals surface area (Å²) in [6.45, 7) is 9.33. The van der Waals surface area contributed by atoms with Crippen LogP contribution in [0.15, 0.2) is 12.1 Å². The van der Waals surface area contributed by atoms with Gasteiger partial charge >= 0.3 is 0 Å². The predicted octanol–water partition coefficient (Wildman–Crippen LogP) is 3.78. The van der Waals surface area contributed by atoms with Crippen LogP contribution in [0, 0.1) is 18.7 Å². The summed E-state index contributed by atoms with van der Waals surface area (Å²) in [5.41, 5.74) is 8.76. The topological polar surface area (TPSA) is 29.3 Å². The number of nitrogens with zero attached hydrogens (tertiary/aromatic N) is 1. The zero-order valence-electron chi connectivity index (χ0n) is 12.4. The van der Waals surface area contributed by atoms with Crippen molar-refractivity contribution in [2.24, 2.45) is 11.7 Å². The first-order valence-electron chi connectivity index (χ1n) is 7.22. The third-order valence-electron chi connectivity index (χ3n) is 4.25. The molecular weight excluding hydrogens is 239 g/mol. The van der Waals surface area contributed by atoms with E-state index in [1.165, 1.54) is 12.8 Å². The molecule has 1 saturated heterocycles. The third kappa shape index (κ3) is 2.92. The van der Waals surface area contributed by atoms with Gasteiger partial charge in [-0.3, -0.25) is 0 Å². The Morgan fingerprint density at radius 1 is 1.37 bits per heavy atom. The summed E-state index contributed by atoms with van der Waals surface area (Å²) < 4.78 is 13.8. The van der Waals surface area contributed by atoms with Crippen LogP contribution in [0.5, 0.6) is 0 Å². The number of piperidine rings is 1. The number of hydrogen-bond donors (Lipinski definition) is 1. The highest BCUT2D eigenvalue weighted by molar-refractivity contribution is 5.58. The highest BCUT2D eigenvalue weighted by atomic mass is 19.1. The van der Waals surface area contributed by atoms with Crippen molar-refractivity contribution >= 4 is 5.69 Å². The van der Waals surface area contributed by atoms with Crippen LogP contribution in [0.2, 0.25) is 0 Å². The quantitative estimate of drug-likeness (QED) is 0.881. The summed E-state index contributed by atoms with van der Waals surface area (Å²) in [4.78, 5) is 2.39. The van der Waals surface area contributed by atoms with Gasteiger partial charge in [0.15, 0.2) is 0 Å². The summed E-state index contributed by atoms with van der Waals surface area (Å²) in [5.74, 6) is 0.612. The molecule has 1 fully saturated rings. The lowest BCUT2D eigenvalue weighted by molar-refractivity contribution is 0.377. The van der Waals surface area contributed by atoms with Crippen molar-refractivity contribution in [3.8, 4) is 0 Å². The average Bonchev–Trinajstić information content (AvgIpc) is 2.32. The van der Waals surface area contributed by atoms with Gasteiger partial charge in [0.2, 0.25) is 0 Å². The molecule has 2 rings (SSSR count). The maximum Gasteiger partial charge on any atom is 0.126 e. The van der Waals surface area contributed by atoms with Gasteiger partial charge in [-0.25, -0.2) is 4.39 Å². The second-order valence-electron chi connectivity index (χ2n) is 6.12. The van der Waals surface area contributed by atoms with E-state index in [0.717, 1.165) is 23.7 Å². The molecule has 1 aromatic carbocycles.